The van der Waals surface area contributed by atoms with E-state index in [9.17, 15) is 9.18 Å². The van der Waals surface area contributed by atoms with E-state index in [4.69, 9.17) is 9.47 Å². The lowest BCUT2D eigenvalue weighted by Gasteiger charge is -2.15. The predicted octanol–water partition coefficient (Wildman–Crippen LogP) is 3.43. The molecule has 5 nitrogen and oxygen atoms in total. The van der Waals surface area contributed by atoms with Crippen LogP contribution < -0.4 is 10.1 Å². The molecule has 1 fully saturated rings. The van der Waals surface area contributed by atoms with Crippen LogP contribution in [0.15, 0.2) is 48.7 Å². The van der Waals surface area contributed by atoms with Crippen LogP contribution in [0, 0.1) is 5.82 Å². The zero-order valence-electron chi connectivity index (χ0n) is 13.7. The number of aromatic nitrogens is 1. The topological polar surface area (TPSA) is 60.5 Å². The van der Waals surface area contributed by atoms with Crippen molar-refractivity contribution in [2.24, 2.45) is 0 Å². The smallest absolute Gasteiger partial charge is 0.248 e. The molecular weight excluding hydrogens is 323 g/mol. The van der Waals surface area contributed by atoms with Gasteiger partial charge in [0.1, 0.15) is 18.2 Å². The summed E-state index contributed by atoms with van der Waals surface area (Å²) in [5, 5.41) is 2.64. The van der Waals surface area contributed by atoms with Crippen molar-refractivity contribution in [3.63, 3.8) is 0 Å². The highest BCUT2D eigenvalue weighted by atomic mass is 19.1. The number of nitrogens with zero attached hydrogens (tertiary/aromatic N) is 1. The Morgan fingerprint density at radius 3 is 3.08 bits per heavy atom. The first-order valence-electron chi connectivity index (χ1n) is 8.15. The number of hydrogen-bond donors (Lipinski definition) is 1. The first-order valence-corrected chi connectivity index (χ1v) is 8.15. The van der Waals surface area contributed by atoms with E-state index >= 15 is 0 Å². The van der Waals surface area contributed by atoms with Gasteiger partial charge in [0.15, 0.2) is 0 Å². The van der Waals surface area contributed by atoms with Gasteiger partial charge in [0, 0.05) is 24.9 Å². The minimum absolute atomic E-state index is 0.0395. The van der Waals surface area contributed by atoms with Gasteiger partial charge in [-0.2, -0.15) is 0 Å². The van der Waals surface area contributed by atoms with Crippen LogP contribution in [0.4, 0.5) is 10.1 Å². The Morgan fingerprint density at radius 2 is 2.32 bits per heavy atom. The number of amides is 1. The molecule has 25 heavy (non-hydrogen) atoms. The lowest BCUT2D eigenvalue weighted by molar-refractivity contribution is -0.111. The van der Waals surface area contributed by atoms with Crippen molar-refractivity contribution in [3.8, 4) is 5.75 Å². The maximum atomic E-state index is 13.5. The van der Waals surface area contributed by atoms with Crippen molar-refractivity contribution in [2.75, 3.05) is 18.5 Å². The highest BCUT2D eigenvalue weighted by Gasteiger charge is 2.17. The van der Waals surface area contributed by atoms with Crippen LogP contribution in [0.5, 0.6) is 5.75 Å². The summed E-state index contributed by atoms with van der Waals surface area (Å²) in [6, 6.07) is 9.43. The van der Waals surface area contributed by atoms with Gasteiger partial charge in [0.05, 0.1) is 17.5 Å². The van der Waals surface area contributed by atoms with Crippen molar-refractivity contribution in [3.05, 3.63) is 60.2 Å². The molecule has 1 saturated heterocycles. The van der Waals surface area contributed by atoms with Gasteiger partial charge in [-0.3, -0.25) is 9.78 Å². The van der Waals surface area contributed by atoms with Gasteiger partial charge in [-0.05, 0) is 43.2 Å². The Bertz CT molecular complexity index is 744. The average molecular weight is 342 g/mol. The highest BCUT2D eigenvalue weighted by Crippen LogP contribution is 2.26. The van der Waals surface area contributed by atoms with Gasteiger partial charge in [0.2, 0.25) is 5.91 Å². The van der Waals surface area contributed by atoms with Crippen LogP contribution >= 0.6 is 0 Å². The number of benzene rings is 1. The third-order valence-corrected chi connectivity index (χ3v) is 3.74. The van der Waals surface area contributed by atoms with E-state index < -0.39 is 11.7 Å². The molecule has 1 amide bonds. The molecule has 6 heteroatoms. The number of hydrogen-bond acceptors (Lipinski definition) is 4. The molecule has 0 unspecified atom stereocenters. The largest absolute Gasteiger partial charge is 0.489 e. The van der Waals surface area contributed by atoms with Gasteiger partial charge in [-0.15, -0.1) is 0 Å². The number of rotatable bonds is 6. The summed E-state index contributed by atoms with van der Waals surface area (Å²) in [4.78, 5) is 16.2. The van der Waals surface area contributed by atoms with E-state index in [1.165, 1.54) is 24.3 Å². The molecule has 130 valence electrons. The van der Waals surface area contributed by atoms with Crippen LogP contribution in [0.3, 0.4) is 0 Å². The van der Waals surface area contributed by atoms with Crippen molar-refractivity contribution >= 4 is 17.7 Å². The fraction of sp³-hybridized carbons (Fsp3) is 0.263. The Hall–Kier alpha value is -2.73. The van der Waals surface area contributed by atoms with E-state index in [0.29, 0.717) is 18.1 Å². The normalized spacial score (nSPS) is 16.9. The molecule has 1 atom stereocenters. The molecule has 0 radical (unpaired) electrons. The van der Waals surface area contributed by atoms with Gasteiger partial charge in [-0.25, -0.2) is 4.39 Å². The quantitative estimate of drug-likeness (QED) is 0.817. The first-order chi connectivity index (χ1) is 12.2. The molecule has 3 rings (SSSR count). The molecule has 0 bridgehead atoms. The average Bonchev–Trinajstić information content (AvgIpc) is 3.14. The van der Waals surface area contributed by atoms with Crippen LogP contribution in [-0.2, 0) is 9.53 Å². The number of carbonyl (C=O) groups is 1. The number of anilines is 1. The van der Waals surface area contributed by atoms with E-state index in [-0.39, 0.29) is 11.8 Å². The van der Waals surface area contributed by atoms with Gasteiger partial charge >= 0.3 is 0 Å². The third-order valence-electron chi connectivity index (χ3n) is 3.74. The van der Waals surface area contributed by atoms with Gasteiger partial charge < -0.3 is 14.8 Å². The number of pyridine rings is 1. The van der Waals surface area contributed by atoms with Crippen molar-refractivity contribution in [2.45, 2.75) is 18.9 Å². The standard InChI is InChI=1S/C19H19FN2O3/c20-14-6-8-18(25-13-16-5-3-11-24-16)17(12-14)22-19(23)9-7-15-4-1-2-10-21-15/h1-2,4,6-10,12,16H,3,5,11,13H2,(H,22,23)/b9-7+/t16-/m0/s1. The second kappa shape index (κ2) is 8.39. The maximum Gasteiger partial charge on any atom is 0.248 e. The lowest BCUT2D eigenvalue weighted by atomic mass is 10.2. The van der Waals surface area contributed by atoms with E-state index in [1.54, 1.807) is 24.4 Å². The van der Waals surface area contributed by atoms with Crippen molar-refractivity contribution in [1.29, 1.82) is 0 Å². The second-order valence-electron chi connectivity index (χ2n) is 5.66. The van der Waals surface area contributed by atoms with Crippen molar-refractivity contribution < 1.29 is 18.7 Å². The van der Waals surface area contributed by atoms with Crippen LogP contribution in [0.25, 0.3) is 6.08 Å². The summed E-state index contributed by atoms with van der Waals surface area (Å²) < 4.78 is 24.7. The molecule has 0 saturated carbocycles. The molecule has 1 N–H and O–H groups in total. The van der Waals surface area contributed by atoms with Gasteiger partial charge in [-0.1, -0.05) is 6.07 Å². The summed E-state index contributed by atoms with van der Waals surface area (Å²) in [6.45, 7) is 1.11. The summed E-state index contributed by atoms with van der Waals surface area (Å²) >= 11 is 0. The van der Waals surface area contributed by atoms with E-state index in [2.05, 4.69) is 10.3 Å². The van der Waals surface area contributed by atoms with Crippen LogP contribution in [0.1, 0.15) is 18.5 Å². The summed E-state index contributed by atoms with van der Waals surface area (Å²) in [5.41, 5.74) is 0.945. The summed E-state index contributed by atoms with van der Waals surface area (Å²) in [5.74, 6) is -0.428. The monoisotopic (exact) mass is 342 g/mol. The number of carbonyl (C=O) groups excluding carboxylic acids is 1. The minimum atomic E-state index is -0.450. The molecule has 1 aromatic heterocycles. The third kappa shape index (κ3) is 5.12. The molecule has 2 heterocycles. The highest BCUT2D eigenvalue weighted by molar-refractivity contribution is 6.02. The fourth-order valence-corrected chi connectivity index (χ4v) is 2.49. The Kier molecular flexibility index (Phi) is 5.74. The maximum absolute atomic E-state index is 13.5. The minimum Gasteiger partial charge on any atom is -0.489 e. The van der Waals surface area contributed by atoms with Crippen LogP contribution in [0.2, 0.25) is 0 Å². The SMILES string of the molecule is O=C(/C=C/c1ccccn1)Nc1cc(F)ccc1OC[C@@H]1CCCO1. The van der Waals surface area contributed by atoms with Gasteiger partial charge in [0.25, 0.3) is 0 Å². The molecule has 1 aromatic carbocycles. The molecule has 0 spiro atoms. The Labute approximate surface area is 145 Å². The van der Waals surface area contributed by atoms with Crippen molar-refractivity contribution in [1.82, 2.24) is 4.98 Å². The molecule has 1 aliphatic rings. The molecule has 0 aliphatic carbocycles. The summed E-state index contributed by atoms with van der Waals surface area (Å²) in [7, 11) is 0. The second-order valence-corrected chi connectivity index (χ2v) is 5.66. The molecular formula is C19H19FN2O3. The zero-order chi connectivity index (χ0) is 17.5. The molecule has 1 aliphatic heterocycles. The van der Waals surface area contributed by atoms with E-state index in [0.717, 1.165) is 19.4 Å². The fourth-order valence-electron chi connectivity index (χ4n) is 2.49. The Morgan fingerprint density at radius 1 is 1.40 bits per heavy atom. The Balaban J connectivity index is 1.64. The number of ether oxygens (including phenoxy) is 2. The van der Waals surface area contributed by atoms with Crippen LogP contribution in [-0.4, -0.2) is 30.2 Å². The van der Waals surface area contributed by atoms with E-state index in [1.807, 2.05) is 6.07 Å². The number of halogens is 1. The molecule has 2 aromatic rings. The number of nitrogens with one attached hydrogen (secondary N) is 1. The lowest BCUT2D eigenvalue weighted by Crippen LogP contribution is -2.17. The zero-order valence-corrected chi connectivity index (χ0v) is 13.7. The summed E-state index contributed by atoms with van der Waals surface area (Å²) in [6.07, 6.45) is 6.56. The first kappa shape index (κ1) is 17.1. The predicted molar refractivity (Wildman–Crippen MR) is 92.8 cm³/mol.